The molecule has 1 saturated heterocycles. The van der Waals surface area contributed by atoms with Crippen molar-refractivity contribution in [3.63, 3.8) is 0 Å². The lowest BCUT2D eigenvalue weighted by Gasteiger charge is -2.31. The van der Waals surface area contributed by atoms with Gasteiger partial charge in [0, 0.05) is 24.3 Å². The molecule has 7 nitrogen and oxygen atoms in total. The summed E-state index contributed by atoms with van der Waals surface area (Å²) in [5.41, 5.74) is 1.40. The van der Waals surface area contributed by atoms with Gasteiger partial charge < -0.3 is 15.0 Å². The smallest absolute Gasteiger partial charge is 0.283 e. The molecule has 2 heterocycles. The highest BCUT2D eigenvalue weighted by molar-refractivity contribution is 6.53. The molecule has 1 atom stereocenters. The van der Waals surface area contributed by atoms with Crippen LogP contribution < -0.4 is 15.0 Å². The van der Waals surface area contributed by atoms with Crippen LogP contribution in [0.3, 0.4) is 0 Å². The molecule has 0 spiro atoms. The fourth-order valence-corrected chi connectivity index (χ4v) is 4.35. The van der Waals surface area contributed by atoms with E-state index in [9.17, 15) is 14.4 Å². The number of anilines is 2. The van der Waals surface area contributed by atoms with E-state index in [4.69, 9.17) is 16.3 Å². The number of benzene rings is 2. The molecule has 4 rings (SSSR count). The van der Waals surface area contributed by atoms with Gasteiger partial charge in [0.15, 0.2) is 0 Å². The second-order valence-corrected chi connectivity index (χ2v) is 8.64. The SMILES string of the molecule is CCOc1ccc(N2C(=O)C(Cl)=C(Nc3cccc(C(=O)N4CCCC(C)C4)c3)C2=O)cc1. The lowest BCUT2D eigenvalue weighted by Crippen LogP contribution is -2.39. The molecule has 1 N–H and O–H groups in total. The lowest BCUT2D eigenvalue weighted by molar-refractivity contribution is -0.120. The highest BCUT2D eigenvalue weighted by Gasteiger charge is 2.39. The van der Waals surface area contributed by atoms with E-state index in [1.807, 2.05) is 11.8 Å². The van der Waals surface area contributed by atoms with E-state index in [-0.39, 0.29) is 16.6 Å². The van der Waals surface area contributed by atoms with Crippen molar-refractivity contribution < 1.29 is 19.1 Å². The van der Waals surface area contributed by atoms with Crippen LogP contribution >= 0.6 is 11.6 Å². The maximum absolute atomic E-state index is 13.0. The molecule has 2 aromatic carbocycles. The number of rotatable bonds is 6. The minimum atomic E-state index is -0.608. The third-order valence-corrected chi connectivity index (χ3v) is 6.11. The first kappa shape index (κ1) is 22.9. The Morgan fingerprint density at radius 1 is 1.15 bits per heavy atom. The highest BCUT2D eigenvalue weighted by Crippen LogP contribution is 2.31. The van der Waals surface area contributed by atoms with E-state index in [1.54, 1.807) is 48.5 Å². The second-order valence-electron chi connectivity index (χ2n) is 8.27. The minimum absolute atomic E-state index is 0.0215. The zero-order chi connectivity index (χ0) is 23.5. The number of hydrogen-bond donors (Lipinski definition) is 1. The molecule has 3 amide bonds. The molecule has 0 aromatic heterocycles. The molecule has 33 heavy (non-hydrogen) atoms. The van der Waals surface area contributed by atoms with Crippen LogP contribution in [0.2, 0.25) is 0 Å². The van der Waals surface area contributed by atoms with Crippen LogP contribution in [-0.4, -0.2) is 42.3 Å². The van der Waals surface area contributed by atoms with Gasteiger partial charge in [-0.3, -0.25) is 14.4 Å². The van der Waals surface area contributed by atoms with Crippen molar-refractivity contribution in [3.05, 3.63) is 64.8 Å². The van der Waals surface area contributed by atoms with E-state index in [0.29, 0.717) is 35.2 Å². The summed E-state index contributed by atoms with van der Waals surface area (Å²) in [5.74, 6) is -0.0975. The Balaban J connectivity index is 1.52. The fraction of sp³-hybridized carbons (Fsp3) is 0.320. The van der Waals surface area contributed by atoms with Crippen LogP contribution in [0, 0.1) is 5.92 Å². The average molecular weight is 468 g/mol. The third kappa shape index (κ3) is 4.73. The summed E-state index contributed by atoms with van der Waals surface area (Å²) in [4.78, 5) is 41.6. The Labute approximate surface area is 198 Å². The zero-order valence-electron chi connectivity index (χ0n) is 18.6. The molecule has 0 bridgehead atoms. The molecule has 172 valence electrons. The van der Waals surface area contributed by atoms with Gasteiger partial charge >= 0.3 is 0 Å². The second kappa shape index (κ2) is 9.67. The molecule has 2 aromatic rings. The van der Waals surface area contributed by atoms with Gasteiger partial charge in [-0.25, -0.2) is 4.90 Å². The monoisotopic (exact) mass is 467 g/mol. The number of nitrogens with zero attached hydrogens (tertiary/aromatic N) is 2. The lowest BCUT2D eigenvalue weighted by atomic mass is 9.99. The molecule has 2 aliphatic heterocycles. The maximum atomic E-state index is 13.0. The summed E-state index contributed by atoms with van der Waals surface area (Å²) in [5, 5.41) is 2.75. The number of amides is 3. The van der Waals surface area contributed by atoms with Crippen molar-refractivity contribution in [2.24, 2.45) is 5.92 Å². The summed E-state index contributed by atoms with van der Waals surface area (Å²) in [6.07, 6.45) is 2.12. The molecule has 8 heteroatoms. The van der Waals surface area contributed by atoms with Crippen LogP contribution in [0.4, 0.5) is 11.4 Å². The maximum Gasteiger partial charge on any atom is 0.283 e. The van der Waals surface area contributed by atoms with Crippen LogP contribution in [0.15, 0.2) is 59.3 Å². The van der Waals surface area contributed by atoms with E-state index in [1.165, 1.54) is 0 Å². The first-order valence-corrected chi connectivity index (χ1v) is 11.4. The standard InChI is InChI=1S/C25H26ClN3O4/c1-3-33-20-11-9-19(10-12-20)29-24(31)21(26)22(25(29)32)27-18-8-4-7-17(14-18)23(30)28-13-5-6-16(2)15-28/h4,7-12,14,16,27H,3,5-6,13,15H2,1-2H3. The first-order valence-electron chi connectivity index (χ1n) is 11.1. The average Bonchev–Trinajstić information content (AvgIpc) is 3.03. The van der Waals surface area contributed by atoms with E-state index in [0.717, 1.165) is 30.8 Å². The Morgan fingerprint density at radius 2 is 1.91 bits per heavy atom. The van der Waals surface area contributed by atoms with Gasteiger partial charge in [0.25, 0.3) is 17.7 Å². The number of ether oxygens (including phenoxy) is 1. The van der Waals surface area contributed by atoms with Crippen molar-refractivity contribution in [2.75, 3.05) is 29.9 Å². The molecule has 2 aliphatic rings. The van der Waals surface area contributed by atoms with Gasteiger partial charge in [0.2, 0.25) is 0 Å². The normalized spacial score (nSPS) is 18.7. The molecule has 1 fully saturated rings. The largest absolute Gasteiger partial charge is 0.494 e. The number of carbonyl (C=O) groups is 3. The highest BCUT2D eigenvalue weighted by atomic mass is 35.5. The van der Waals surface area contributed by atoms with Gasteiger partial charge in [0.1, 0.15) is 16.5 Å². The molecular formula is C25H26ClN3O4. The number of imide groups is 1. The van der Waals surface area contributed by atoms with E-state index >= 15 is 0 Å². The van der Waals surface area contributed by atoms with Gasteiger partial charge in [0.05, 0.1) is 12.3 Å². The summed E-state index contributed by atoms with van der Waals surface area (Å²) in [7, 11) is 0. The fourth-order valence-electron chi connectivity index (χ4n) is 4.13. The predicted molar refractivity (Wildman–Crippen MR) is 127 cm³/mol. The van der Waals surface area contributed by atoms with Gasteiger partial charge in [-0.1, -0.05) is 24.6 Å². The Hall–Kier alpha value is -3.32. The number of halogens is 1. The topological polar surface area (TPSA) is 79.0 Å². The molecule has 0 aliphatic carbocycles. The van der Waals surface area contributed by atoms with E-state index < -0.39 is 11.8 Å². The summed E-state index contributed by atoms with van der Waals surface area (Å²) < 4.78 is 5.41. The summed E-state index contributed by atoms with van der Waals surface area (Å²) >= 11 is 6.24. The van der Waals surface area contributed by atoms with Crippen molar-refractivity contribution in [2.45, 2.75) is 26.7 Å². The Bertz CT molecular complexity index is 1110. The molecule has 1 unspecified atom stereocenters. The summed E-state index contributed by atoms with van der Waals surface area (Å²) in [6, 6.07) is 13.5. The zero-order valence-corrected chi connectivity index (χ0v) is 19.4. The third-order valence-electron chi connectivity index (χ3n) is 5.76. The molecular weight excluding hydrogens is 442 g/mol. The number of likely N-dealkylation sites (tertiary alicyclic amines) is 1. The number of nitrogens with one attached hydrogen (secondary N) is 1. The minimum Gasteiger partial charge on any atom is -0.494 e. The predicted octanol–water partition coefficient (Wildman–Crippen LogP) is 4.39. The summed E-state index contributed by atoms with van der Waals surface area (Å²) in [6.45, 7) is 6.00. The Kier molecular flexibility index (Phi) is 6.70. The number of hydrogen-bond acceptors (Lipinski definition) is 5. The van der Waals surface area contributed by atoms with Crippen molar-refractivity contribution in [3.8, 4) is 5.75 Å². The van der Waals surface area contributed by atoms with Crippen molar-refractivity contribution in [1.29, 1.82) is 0 Å². The van der Waals surface area contributed by atoms with E-state index in [2.05, 4.69) is 12.2 Å². The van der Waals surface area contributed by atoms with Crippen molar-refractivity contribution in [1.82, 2.24) is 4.90 Å². The number of carbonyl (C=O) groups excluding carboxylic acids is 3. The Morgan fingerprint density at radius 3 is 2.61 bits per heavy atom. The van der Waals surface area contributed by atoms with Crippen LogP contribution in [0.5, 0.6) is 5.75 Å². The quantitative estimate of drug-likeness (QED) is 0.637. The van der Waals surface area contributed by atoms with Gasteiger partial charge in [-0.05, 0) is 68.1 Å². The van der Waals surface area contributed by atoms with Crippen LogP contribution in [-0.2, 0) is 9.59 Å². The molecule has 0 radical (unpaired) electrons. The van der Waals surface area contributed by atoms with Gasteiger partial charge in [-0.2, -0.15) is 0 Å². The van der Waals surface area contributed by atoms with Crippen molar-refractivity contribution >= 4 is 40.7 Å². The first-order chi connectivity index (χ1) is 15.9. The molecule has 0 saturated carbocycles. The van der Waals surface area contributed by atoms with Crippen LogP contribution in [0.25, 0.3) is 0 Å². The van der Waals surface area contributed by atoms with Crippen LogP contribution in [0.1, 0.15) is 37.0 Å². The van der Waals surface area contributed by atoms with Gasteiger partial charge in [-0.15, -0.1) is 0 Å². The number of piperidine rings is 1.